The maximum absolute atomic E-state index is 11.3. The van der Waals surface area contributed by atoms with Gasteiger partial charge in [-0.15, -0.1) is 10.2 Å². The van der Waals surface area contributed by atoms with E-state index in [9.17, 15) is 4.79 Å². The molecule has 1 rings (SSSR count). The highest BCUT2D eigenvalue weighted by Crippen LogP contribution is 2.05. The Morgan fingerprint density at radius 3 is 2.88 bits per heavy atom. The van der Waals surface area contributed by atoms with E-state index in [4.69, 9.17) is 16.3 Å². The molecule has 7 heteroatoms. The highest BCUT2D eigenvalue weighted by Gasteiger charge is 2.00. The molecule has 1 aromatic rings. The van der Waals surface area contributed by atoms with Crippen LogP contribution < -0.4 is 10.6 Å². The van der Waals surface area contributed by atoms with Gasteiger partial charge in [-0.25, -0.2) is 0 Å². The predicted molar refractivity (Wildman–Crippen MR) is 65.0 cm³/mol. The van der Waals surface area contributed by atoms with Crippen LogP contribution in [0.15, 0.2) is 12.1 Å². The average Bonchev–Trinajstić information content (AvgIpc) is 2.32. The molecule has 2 N–H and O–H groups in total. The third-order valence-corrected chi connectivity index (χ3v) is 2.12. The van der Waals surface area contributed by atoms with Gasteiger partial charge in [0.2, 0.25) is 5.91 Å². The van der Waals surface area contributed by atoms with Gasteiger partial charge >= 0.3 is 0 Å². The van der Waals surface area contributed by atoms with Crippen LogP contribution in [0.3, 0.4) is 0 Å². The van der Waals surface area contributed by atoms with Gasteiger partial charge in [-0.3, -0.25) is 4.79 Å². The van der Waals surface area contributed by atoms with Gasteiger partial charge < -0.3 is 15.4 Å². The van der Waals surface area contributed by atoms with Gasteiger partial charge in [0.05, 0.1) is 6.61 Å². The highest BCUT2D eigenvalue weighted by atomic mass is 35.5. The summed E-state index contributed by atoms with van der Waals surface area (Å²) < 4.78 is 4.82. The smallest absolute Gasteiger partial charge is 0.221 e. The fourth-order valence-corrected chi connectivity index (χ4v) is 1.20. The van der Waals surface area contributed by atoms with Crippen LogP contribution in [0.5, 0.6) is 0 Å². The Morgan fingerprint density at radius 1 is 1.41 bits per heavy atom. The molecule has 1 aromatic heterocycles. The molecule has 1 heterocycles. The second-order valence-corrected chi connectivity index (χ2v) is 3.65. The standard InChI is InChI=1S/C10H15ClN4O2/c1-17-7-6-13-10(16)4-5-12-9-3-2-8(11)14-15-9/h2-3H,4-7H2,1H3,(H,12,15)(H,13,16). The SMILES string of the molecule is COCCNC(=O)CCNc1ccc(Cl)nn1. The molecular formula is C10H15ClN4O2. The Morgan fingerprint density at radius 2 is 2.24 bits per heavy atom. The zero-order valence-corrected chi connectivity index (χ0v) is 10.3. The van der Waals surface area contributed by atoms with E-state index in [1.54, 1.807) is 19.2 Å². The molecular weight excluding hydrogens is 244 g/mol. The first-order valence-corrected chi connectivity index (χ1v) is 5.59. The van der Waals surface area contributed by atoms with Crippen molar-refractivity contribution in [1.29, 1.82) is 0 Å². The van der Waals surface area contributed by atoms with Crippen LogP contribution in [0.4, 0.5) is 5.82 Å². The summed E-state index contributed by atoms with van der Waals surface area (Å²) in [5.41, 5.74) is 0. The summed E-state index contributed by atoms with van der Waals surface area (Å²) in [4.78, 5) is 11.3. The van der Waals surface area contributed by atoms with Crippen LogP contribution in [0.2, 0.25) is 5.15 Å². The molecule has 6 nitrogen and oxygen atoms in total. The molecule has 94 valence electrons. The molecule has 0 saturated carbocycles. The number of anilines is 1. The zero-order valence-electron chi connectivity index (χ0n) is 9.57. The lowest BCUT2D eigenvalue weighted by atomic mass is 10.4. The monoisotopic (exact) mass is 258 g/mol. The number of ether oxygens (including phenoxy) is 1. The van der Waals surface area contributed by atoms with Crippen molar-refractivity contribution in [2.45, 2.75) is 6.42 Å². The van der Waals surface area contributed by atoms with E-state index in [0.29, 0.717) is 37.1 Å². The molecule has 0 spiro atoms. The van der Waals surface area contributed by atoms with Crippen LogP contribution in [0.25, 0.3) is 0 Å². The number of hydrogen-bond donors (Lipinski definition) is 2. The van der Waals surface area contributed by atoms with Crippen molar-refractivity contribution >= 4 is 23.3 Å². The van der Waals surface area contributed by atoms with Gasteiger partial charge in [0, 0.05) is 26.6 Å². The van der Waals surface area contributed by atoms with Gasteiger partial charge in [0.1, 0.15) is 5.82 Å². The van der Waals surface area contributed by atoms with E-state index in [-0.39, 0.29) is 5.91 Å². The van der Waals surface area contributed by atoms with Crippen LogP contribution in [-0.4, -0.2) is 42.9 Å². The molecule has 0 aliphatic heterocycles. The van der Waals surface area contributed by atoms with Crippen molar-refractivity contribution in [1.82, 2.24) is 15.5 Å². The lowest BCUT2D eigenvalue weighted by molar-refractivity contribution is -0.121. The number of nitrogens with one attached hydrogen (secondary N) is 2. The molecule has 0 aliphatic carbocycles. The average molecular weight is 259 g/mol. The zero-order chi connectivity index (χ0) is 12.5. The molecule has 0 saturated heterocycles. The Kier molecular flexibility index (Phi) is 6.27. The summed E-state index contributed by atoms with van der Waals surface area (Å²) in [6, 6.07) is 3.34. The number of nitrogens with zero attached hydrogens (tertiary/aromatic N) is 2. The lowest BCUT2D eigenvalue weighted by Gasteiger charge is -2.06. The number of carbonyl (C=O) groups is 1. The van der Waals surface area contributed by atoms with Gasteiger partial charge in [0.15, 0.2) is 5.15 Å². The van der Waals surface area contributed by atoms with Gasteiger partial charge in [-0.05, 0) is 12.1 Å². The number of hydrogen-bond acceptors (Lipinski definition) is 5. The quantitative estimate of drug-likeness (QED) is 0.704. The molecule has 17 heavy (non-hydrogen) atoms. The van der Waals surface area contributed by atoms with E-state index < -0.39 is 0 Å². The molecule has 0 atom stereocenters. The van der Waals surface area contributed by atoms with Crippen LogP contribution in [-0.2, 0) is 9.53 Å². The van der Waals surface area contributed by atoms with E-state index in [2.05, 4.69) is 20.8 Å². The summed E-state index contributed by atoms with van der Waals surface area (Å²) in [5, 5.41) is 13.5. The van der Waals surface area contributed by atoms with Crippen molar-refractivity contribution in [3.8, 4) is 0 Å². The largest absolute Gasteiger partial charge is 0.383 e. The molecule has 0 radical (unpaired) electrons. The first-order valence-electron chi connectivity index (χ1n) is 5.21. The molecule has 0 aliphatic rings. The van der Waals surface area contributed by atoms with Crippen LogP contribution >= 0.6 is 11.6 Å². The summed E-state index contributed by atoms with van der Waals surface area (Å²) in [6.07, 6.45) is 0.369. The van der Waals surface area contributed by atoms with E-state index in [0.717, 1.165) is 0 Å². The van der Waals surface area contributed by atoms with Crippen molar-refractivity contribution in [2.75, 3.05) is 32.1 Å². The van der Waals surface area contributed by atoms with Gasteiger partial charge in [-0.2, -0.15) is 0 Å². The fourth-order valence-electron chi connectivity index (χ4n) is 1.10. The molecule has 1 amide bonds. The van der Waals surface area contributed by atoms with Crippen molar-refractivity contribution in [3.05, 3.63) is 17.3 Å². The second-order valence-electron chi connectivity index (χ2n) is 3.26. The Hall–Kier alpha value is -1.40. The summed E-state index contributed by atoms with van der Waals surface area (Å²) in [7, 11) is 1.59. The van der Waals surface area contributed by atoms with E-state index in [1.165, 1.54) is 0 Å². The summed E-state index contributed by atoms with van der Waals surface area (Å²) in [5.74, 6) is 0.565. The Bertz CT molecular complexity index is 345. The molecule has 0 unspecified atom stereocenters. The topological polar surface area (TPSA) is 76.1 Å². The van der Waals surface area contributed by atoms with Crippen molar-refractivity contribution < 1.29 is 9.53 Å². The minimum Gasteiger partial charge on any atom is -0.383 e. The van der Waals surface area contributed by atoms with Crippen LogP contribution in [0, 0.1) is 0 Å². The minimum atomic E-state index is -0.0310. The highest BCUT2D eigenvalue weighted by molar-refractivity contribution is 6.29. The van der Waals surface area contributed by atoms with Gasteiger partial charge in [-0.1, -0.05) is 11.6 Å². The third kappa shape index (κ3) is 6.03. The van der Waals surface area contributed by atoms with Crippen molar-refractivity contribution in [2.24, 2.45) is 0 Å². The maximum Gasteiger partial charge on any atom is 0.221 e. The minimum absolute atomic E-state index is 0.0310. The second kappa shape index (κ2) is 7.81. The fraction of sp³-hybridized carbons (Fsp3) is 0.500. The number of amides is 1. The summed E-state index contributed by atoms with van der Waals surface area (Å²) >= 11 is 5.59. The molecule has 0 fully saturated rings. The Balaban J connectivity index is 2.14. The number of rotatable bonds is 7. The number of carbonyl (C=O) groups excluding carboxylic acids is 1. The summed E-state index contributed by atoms with van der Waals surface area (Å²) in [6.45, 7) is 1.53. The van der Waals surface area contributed by atoms with Crippen LogP contribution in [0.1, 0.15) is 6.42 Å². The number of methoxy groups -OCH3 is 1. The maximum atomic E-state index is 11.3. The first-order chi connectivity index (χ1) is 8.22. The number of aromatic nitrogens is 2. The van der Waals surface area contributed by atoms with Crippen molar-refractivity contribution in [3.63, 3.8) is 0 Å². The predicted octanol–water partition coefficient (Wildman–Crippen LogP) is 0.695. The Labute approximate surface area is 105 Å². The van der Waals surface area contributed by atoms with E-state index in [1.807, 2.05) is 0 Å². The molecule has 0 aromatic carbocycles. The lowest BCUT2D eigenvalue weighted by Crippen LogP contribution is -2.28. The normalized spacial score (nSPS) is 10.0. The third-order valence-electron chi connectivity index (χ3n) is 1.92. The first kappa shape index (κ1) is 13.7. The molecule has 0 bridgehead atoms. The number of halogens is 1. The van der Waals surface area contributed by atoms with Gasteiger partial charge in [0.25, 0.3) is 0 Å². The van der Waals surface area contributed by atoms with E-state index >= 15 is 0 Å².